The highest BCUT2D eigenvalue weighted by Gasteiger charge is 2.10. The summed E-state index contributed by atoms with van der Waals surface area (Å²) < 4.78 is 11.6. The van der Waals surface area contributed by atoms with Gasteiger partial charge in [0.05, 0.1) is 12.7 Å². The van der Waals surface area contributed by atoms with E-state index in [0.717, 1.165) is 5.56 Å². The van der Waals surface area contributed by atoms with Crippen LogP contribution in [0.15, 0.2) is 36.4 Å². The van der Waals surface area contributed by atoms with E-state index in [9.17, 15) is 5.11 Å². The molecule has 0 fully saturated rings. The quantitative estimate of drug-likeness (QED) is 0.862. The second kappa shape index (κ2) is 7.32. The topological polar surface area (TPSA) is 38.7 Å². The fraction of sp³-hybridized carbons (Fsp3) is 0.368. The molecule has 0 spiro atoms. The highest BCUT2D eigenvalue weighted by molar-refractivity contribution is 5.44. The second-order valence-electron chi connectivity index (χ2n) is 5.53. The first-order valence-electron chi connectivity index (χ1n) is 7.65. The smallest absolute Gasteiger partial charge is 0.161 e. The SMILES string of the molecule is CCOc1cc(C(C)O)ccc1OCc1cc(C)ccc1C. The Morgan fingerprint density at radius 3 is 2.45 bits per heavy atom. The molecule has 0 heterocycles. The Morgan fingerprint density at radius 1 is 1.00 bits per heavy atom. The molecule has 0 radical (unpaired) electrons. The Morgan fingerprint density at radius 2 is 1.77 bits per heavy atom. The van der Waals surface area contributed by atoms with Crippen molar-refractivity contribution in [1.29, 1.82) is 0 Å². The lowest BCUT2D eigenvalue weighted by atomic mass is 10.1. The average Bonchev–Trinajstić information content (AvgIpc) is 2.49. The normalized spacial score (nSPS) is 12.0. The molecule has 2 rings (SSSR count). The predicted octanol–water partition coefficient (Wildman–Crippen LogP) is 4.33. The molecule has 2 aromatic carbocycles. The Bertz CT molecular complexity index is 633. The van der Waals surface area contributed by atoms with Crippen LogP contribution in [0.1, 0.15) is 42.2 Å². The molecule has 0 saturated carbocycles. The molecule has 1 atom stereocenters. The predicted molar refractivity (Wildman–Crippen MR) is 88.5 cm³/mol. The number of rotatable bonds is 6. The van der Waals surface area contributed by atoms with Gasteiger partial charge in [0.25, 0.3) is 0 Å². The number of hydrogen-bond acceptors (Lipinski definition) is 3. The minimum atomic E-state index is -0.521. The van der Waals surface area contributed by atoms with Gasteiger partial charge >= 0.3 is 0 Å². The molecule has 3 nitrogen and oxygen atoms in total. The van der Waals surface area contributed by atoms with Crippen molar-refractivity contribution in [2.45, 2.75) is 40.4 Å². The van der Waals surface area contributed by atoms with Gasteiger partial charge in [0.1, 0.15) is 6.61 Å². The van der Waals surface area contributed by atoms with E-state index in [4.69, 9.17) is 9.47 Å². The number of aryl methyl sites for hydroxylation is 2. The van der Waals surface area contributed by atoms with Crippen molar-refractivity contribution in [2.24, 2.45) is 0 Å². The zero-order chi connectivity index (χ0) is 16.1. The van der Waals surface area contributed by atoms with Crippen LogP contribution in [0.3, 0.4) is 0 Å². The zero-order valence-electron chi connectivity index (χ0n) is 13.7. The van der Waals surface area contributed by atoms with E-state index in [-0.39, 0.29) is 0 Å². The lowest BCUT2D eigenvalue weighted by molar-refractivity contribution is 0.198. The summed E-state index contributed by atoms with van der Waals surface area (Å²) in [5, 5.41) is 9.69. The van der Waals surface area contributed by atoms with Gasteiger partial charge in [-0.25, -0.2) is 0 Å². The maximum Gasteiger partial charge on any atom is 0.161 e. The number of hydrogen-bond donors (Lipinski definition) is 1. The van der Waals surface area contributed by atoms with Crippen LogP contribution in [0.5, 0.6) is 11.5 Å². The van der Waals surface area contributed by atoms with Crippen molar-refractivity contribution in [2.75, 3.05) is 6.61 Å². The third kappa shape index (κ3) is 4.01. The van der Waals surface area contributed by atoms with Crippen LogP contribution in [0.25, 0.3) is 0 Å². The van der Waals surface area contributed by atoms with Crippen molar-refractivity contribution < 1.29 is 14.6 Å². The third-order valence-corrected chi connectivity index (χ3v) is 3.64. The first kappa shape index (κ1) is 16.4. The summed E-state index contributed by atoms with van der Waals surface area (Å²) in [6.07, 6.45) is -0.521. The number of aliphatic hydroxyl groups excluding tert-OH is 1. The minimum Gasteiger partial charge on any atom is -0.490 e. The molecule has 0 aliphatic carbocycles. The Balaban J connectivity index is 2.19. The molecular formula is C19H24O3. The first-order valence-corrected chi connectivity index (χ1v) is 7.65. The fourth-order valence-electron chi connectivity index (χ4n) is 2.28. The molecular weight excluding hydrogens is 276 g/mol. The molecule has 0 aliphatic heterocycles. The van der Waals surface area contributed by atoms with Crippen molar-refractivity contribution in [1.82, 2.24) is 0 Å². The minimum absolute atomic E-state index is 0.502. The number of benzene rings is 2. The Kier molecular flexibility index (Phi) is 5.45. The molecule has 22 heavy (non-hydrogen) atoms. The molecule has 118 valence electrons. The van der Waals surface area contributed by atoms with E-state index >= 15 is 0 Å². The molecule has 1 N–H and O–H groups in total. The summed E-state index contributed by atoms with van der Waals surface area (Å²) in [5.41, 5.74) is 4.42. The van der Waals surface area contributed by atoms with Gasteiger partial charge in [0.2, 0.25) is 0 Å². The molecule has 0 aliphatic rings. The molecule has 0 bridgehead atoms. The van der Waals surface area contributed by atoms with Crippen LogP contribution in [0.4, 0.5) is 0 Å². The van der Waals surface area contributed by atoms with Gasteiger partial charge in [-0.3, -0.25) is 0 Å². The van der Waals surface area contributed by atoms with Crippen molar-refractivity contribution in [3.05, 3.63) is 58.7 Å². The van der Waals surface area contributed by atoms with Crippen LogP contribution < -0.4 is 9.47 Å². The Hall–Kier alpha value is -2.00. The van der Waals surface area contributed by atoms with E-state index < -0.39 is 6.10 Å². The monoisotopic (exact) mass is 300 g/mol. The van der Waals surface area contributed by atoms with Gasteiger partial charge in [-0.1, -0.05) is 29.8 Å². The number of aliphatic hydroxyl groups is 1. The maximum atomic E-state index is 9.69. The summed E-state index contributed by atoms with van der Waals surface area (Å²) in [6.45, 7) is 8.89. The lowest BCUT2D eigenvalue weighted by Gasteiger charge is -2.15. The van der Waals surface area contributed by atoms with Gasteiger partial charge in [0.15, 0.2) is 11.5 Å². The van der Waals surface area contributed by atoms with E-state index in [2.05, 4.69) is 32.0 Å². The summed E-state index contributed by atoms with van der Waals surface area (Å²) in [4.78, 5) is 0. The average molecular weight is 300 g/mol. The molecule has 0 amide bonds. The van der Waals surface area contributed by atoms with Crippen molar-refractivity contribution in [3.8, 4) is 11.5 Å². The standard InChI is InChI=1S/C19H24O3/c1-5-21-19-11-16(15(4)20)8-9-18(19)22-12-17-10-13(2)6-7-14(17)3/h6-11,15,20H,5,12H2,1-4H3. The summed E-state index contributed by atoms with van der Waals surface area (Å²) in [6, 6.07) is 11.9. The number of ether oxygens (including phenoxy) is 2. The summed E-state index contributed by atoms with van der Waals surface area (Å²) in [5.74, 6) is 1.37. The summed E-state index contributed by atoms with van der Waals surface area (Å²) in [7, 11) is 0. The van der Waals surface area contributed by atoms with E-state index in [1.54, 1.807) is 6.92 Å². The third-order valence-electron chi connectivity index (χ3n) is 3.64. The van der Waals surface area contributed by atoms with E-state index in [1.165, 1.54) is 16.7 Å². The second-order valence-corrected chi connectivity index (χ2v) is 5.53. The van der Waals surface area contributed by atoms with Crippen LogP contribution in [0.2, 0.25) is 0 Å². The summed E-state index contributed by atoms with van der Waals surface area (Å²) >= 11 is 0. The van der Waals surface area contributed by atoms with Gasteiger partial charge in [-0.05, 0) is 56.5 Å². The first-order chi connectivity index (χ1) is 10.5. The zero-order valence-corrected chi connectivity index (χ0v) is 13.7. The van der Waals surface area contributed by atoms with Gasteiger partial charge < -0.3 is 14.6 Å². The molecule has 3 heteroatoms. The highest BCUT2D eigenvalue weighted by Crippen LogP contribution is 2.31. The lowest BCUT2D eigenvalue weighted by Crippen LogP contribution is -2.02. The van der Waals surface area contributed by atoms with Crippen molar-refractivity contribution in [3.63, 3.8) is 0 Å². The maximum absolute atomic E-state index is 9.69. The van der Waals surface area contributed by atoms with Crippen LogP contribution >= 0.6 is 0 Å². The van der Waals surface area contributed by atoms with E-state index in [1.807, 2.05) is 25.1 Å². The van der Waals surface area contributed by atoms with Gasteiger partial charge in [-0.15, -0.1) is 0 Å². The van der Waals surface area contributed by atoms with Crippen LogP contribution in [-0.4, -0.2) is 11.7 Å². The fourth-order valence-corrected chi connectivity index (χ4v) is 2.28. The highest BCUT2D eigenvalue weighted by atomic mass is 16.5. The molecule has 2 aromatic rings. The van der Waals surface area contributed by atoms with E-state index in [0.29, 0.717) is 24.7 Å². The Labute approximate surface area is 132 Å². The van der Waals surface area contributed by atoms with Crippen LogP contribution in [-0.2, 0) is 6.61 Å². The van der Waals surface area contributed by atoms with Crippen molar-refractivity contribution >= 4 is 0 Å². The van der Waals surface area contributed by atoms with Crippen LogP contribution in [0, 0.1) is 13.8 Å². The molecule has 1 unspecified atom stereocenters. The molecule has 0 saturated heterocycles. The molecule has 0 aromatic heterocycles. The largest absolute Gasteiger partial charge is 0.490 e. The van der Waals surface area contributed by atoms with Gasteiger partial charge in [0, 0.05) is 0 Å². The van der Waals surface area contributed by atoms with Gasteiger partial charge in [-0.2, -0.15) is 0 Å².